The summed E-state index contributed by atoms with van der Waals surface area (Å²) in [7, 11) is 0. The molecule has 0 atom stereocenters. The average molecular weight is 313 g/mol. The standard InChI is InChI=1S/C19H11N3O2/c23-18-13-6-3-5-12-16(9-8-14(17(12)13)19(24)21-18)22-15-7-2-1-4-11(15)10-20-22/h1-10H,(H,21,23,24). The van der Waals surface area contributed by atoms with Crippen LogP contribution in [0, 0.1) is 0 Å². The van der Waals surface area contributed by atoms with Gasteiger partial charge in [-0.25, -0.2) is 4.68 Å². The van der Waals surface area contributed by atoms with Crippen LogP contribution in [0.2, 0.25) is 0 Å². The molecule has 3 aromatic carbocycles. The summed E-state index contributed by atoms with van der Waals surface area (Å²) in [5.41, 5.74) is 2.85. The summed E-state index contributed by atoms with van der Waals surface area (Å²) < 4.78 is 1.84. The molecule has 24 heavy (non-hydrogen) atoms. The molecule has 2 heterocycles. The summed E-state index contributed by atoms with van der Waals surface area (Å²) in [6.45, 7) is 0. The predicted molar refractivity (Wildman–Crippen MR) is 90.4 cm³/mol. The van der Waals surface area contributed by atoms with E-state index in [-0.39, 0.29) is 11.8 Å². The van der Waals surface area contributed by atoms with Gasteiger partial charge in [-0.15, -0.1) is 0 Å². The Kier molecular flexibility index (Phi) is 2.45. The number of carbonyl (C=O) groups excluding carboxylic acids is 2. The van der Waals surface area contributed by atoms with Crippen molar-refractivity contribution in [3.63, 3.8) is 0 Å². The molecule has 0 saturated heterocycles. The molecule has 4 aromatic rings. The number of benzene rings is 3. The molecule has 1 N–H and O–H groups in total. The largest absolute Gasteiger partial charge is 0.288 e. The third-order valence-electron chi connectivity index (χ3n) is 4.44. The second-order valence-electron chi connectivity index (χ2n) is 5.76. The minimum Gasteiger partial charge on any atom is -0.288 e. The molecule has 1 aromatic heterocycles. The first-order chi connectivity index (χ1) is 11.7. The van der Waals surface area contributed by atoms with Gasteiger partial charge in [0.2, 0.25) is 0 Å². The number of nitrogens with zero attached hydrogens (tertiary/aromatic N) is 2. The minimum absolute atomic E-state index is 0.361. The van der Waals surface area contributed by atoms with E-state index in [1.165, 1.54) is 0 Å². The van der Waals surface area contributed by atoms with Gasteiger partial charge in [-0.2, -0.15) is 5.10 Å². The Bertz CT molecular complexity index is 1150. The Labute approximate surface area is 136 Å². The fraction of sp³-hybridized carbons (Fsp3) is 0. The number of imide groups is 1. The zero-order chi connectivity index (χ0) is 16.3. The Balaban J connectivity index is 1.91. The van der Waals surface area contributed by atoms with Crippen molar-refractivity contribution in [3.8, 4) is 5.69 Å². The molecule has 2 amide bonds. The van der Waals surface area contributed by atoms with Crippen molar-refractivity contribution in [2.24, 2.45) is 0 Å². The van der Waals surface area contributed by atoms with Crippen LogP contribution in [0.1, 0.15) is 20.7 Å². The van der Waals surface area contributed by atoms with Gasteiger partial charge in [0.25, 0.3) is 11.8 Å². The molecule has 1 aliphatic rings. The normalized spacial score (nSPS) is 13.5. The Morgan fingerprint density at radius 3 is 2.50 bits per heavy atom. The van der Waals surface area contributed by atoms with Gasteiger partial charge in [0, 0.05) is 27.3 Å². The van der Waals surface area contributed by atoms with Crippen LogP contribution >= 0.6 is 0 Å². The zero-order valence-corrected chi connectivity index (χ0v) is 12.5. The van der Waals surface area contributed by atoms with E-state index >= 15 is 0 Å². The molecule has 5 rings (SSSR count). The van der Waals surface area contributed by atoms with E-state index in [1.807, 2.05) is 53.3 Å². The quantitative estimate of drug-likeness (QED) is 0.549. The van der Waals surface area contributed by atoms with Gasteiger partial charge in [-0.3, -0.25) is 14.9 Å². The van der Waals surface area contributed by atoms with E-state index < -0.39 is 0 Å². The lowest BCUT2D eigenvalue weighted by atomic mass is 9.94. The maximum absolute atomic E-state index is 12.1. The molecule has 1 aliphatic heterocycles. The highest BCUT2D eigenvalue weighted by molar-refractivity contribution is 6.26. The fourth-order valence-electron chi connectivity index (χ4n) is 3.36. The van der Waals surface area contributed by atoms with E-state index in [1.54, 1.807) is 12.1 Å². The monoisotopic (exact) mass is 313 g/mol. The number of hydrogen-bond donors (Lipinski definition) is 1. The molecule has 0 unspecified atom stereocenters. The van der Waals surface area contributed by atoms with Crippen molar-refractivity contribution in [2.75, 3.05) is 0 Å². The smallest absolute Gasteiger partial charge is 0.258 e. The van der Waals surface area contributed by atoms with Gasteiger partial charge in [0.1, 0.15) is 0 Å². The van der Waals surface area contributed by atoms with E-state index in [0.717, 1.165) is 22.0 Å². The van der Waals surface area contributed by atoms with Crippen molar-refractivity contribution >= 4 is 33.5 Å². The van der Waals surface area contributed by atoms with Crippen LogP contribution in [-0.2, 0) is 0 Å². The summed E-state index contributed by atoms with van der Waals surface area (Å²) in [6.07, 6.45) is 1.81. The molecule has 0 fully saturated rings. The molecule has 0 bridgehead atoms. The zero-order valence-electron chi connectivity index (χ0n) is 12.5. The highest BCUT2D eigenvalue weighted by Gasteiger charge is 2.26. The topological polar surface area (TPSA) is 64.0 Å². The van der Waals surface area contributed by atoms with Gasteiger partial charge in [0.15, 0.2) is 0 Å². The highest BCUT2D eigenvalue weighted by Crippen LogP contribution is 2.32. The molecule has 0 radical (unpaired) electrons. The number of para-hydroxylation sites is 1. The Hall–Kier alpha value is -3.47. The maximum atomic E-state index is 12.1. The van der Waals surface area contributed by atoms with Crippen LogP contribution in [0.5, 0.6) is 0 Å². The molecular weight excluding hydrogens is 302 g/mol. The number of aromatic nitrogens is 2. The van der Waals surface area contributed by atoms with E-state index in [4.69, 9.17) is 0 Å². The van der Waals surface area contributed by atoms with Gasteiger partial charge in [0.05, 0.1) is 17.4 Å². The maximum Gasteiger partial charge on any atom is 0.258 e. The molecular formula is C19H11N3O2. The number of carbonyl (C=O) groups is 2. The number of hydrogen-bond acceptors (Lipinski definition) is 3. The lowest BCUT2D eigenvalue weighted by molar-refractivity contribution is 0.0845. The first-order valence-corrected chi connectivity index (χ1v) is 7.58. The first-order valence-electron chi connectivity index (χ1n) is 7.58. The second-order valence-corrected chi connectivity index (χ2v) is 5.76. The number of fused-ring (bicyclic) bond motifs is 1. The summed E-state index contributed by atoms with van der Waals surface area (Å²) in [6, 6.07) is 17.0. The van der Waals surface area contributed by atoms with Crippen LogP contribution in [0.3, 0.4) is 0 Å². The molecule has 114 valence electrons. The van der Waals surface area contributed by atoms with Crippen molar-refractivity contribution in [1.82, 2.24) is 15.1 Å². The first kappa shape index (κ1) is 13.0. The predicted octanol–water partition coefficient (Wildman–Crippen LogP) is 3.06. The Morgan fingerprint density at radius 1 is 0.833 bits per heavy atom. The lowest BCUT2D eigenvalue weighted by Gasteiger charge is -2.18. The highest BCUT2D eigenvalue weighted by atomic mass is 16.2. The van der Waals surface area contributed by atoms with Crippen molar-refractivity contribution in [1.29, 1.82) is 0 Å². The lowest BCUT2D eigenvalue weighted by Crippen LogP contribution is -2.34. The second kappa shape index (κ2) is 4.52. The van der Waals surface area contributed by atoms with Crippen molar-refractivity contribution in [3.05, 3.63) is 71.9 Å². The van der Waals surface area contributed by atoms with Crippen LogP contribution in [0.4, 0.5) is 0 Å². The summed E-state index contributed by atoms with van der Waals surface area (Å²) in [4.78, 5) is 24.3. The van der Waals surface area contributed by atoms with E-state index in [2.05, 4.69) is 10.4 Å². The molecule has 5 heteroatoms. The molecule has 0 spiro atoms. The van der Waals surface area contributed by atoms with E-state index in [0.29, 0.717) is 16.5 Å². The minimum atomic E-state index is -0.361. The van der Waals surface area contributed by atoms with Gasteiger partial charge < -0.3 is 0 Å². The number of rotatable bonds is 1. The third-order valence-corrected chi connectivity index (χ3v) is 4.44. The summed E-state index contributed by atoms with van der Waals surface area (Å²) >= 11 is 0. The van der Waals surface area contributed by atoms with Gasteiger partial charge >= 0.3 is 0 Å². The van der Waals surface area contributed by atoms with Crippen LogP contribution < -0.4 is 5.32 Å². The molecule has 0 aliphatic carbocycles. The van der Waals surface area contributed by atoms with Crippen LogP contribution in [0.25, 0.3) is 27.4 Å². The van der Waals surface area contributed by atoms with Gasteiger partial charge in [-0.05, 0) is 24.3 Å². The van der Waals surface area contributed by atoms with Crippen molar-refractivity contribution < 1.29 is 9.59 Å². The van der Waals surface area contributed by atoms with Gasteiger partial charge in [-0.1, -0.05) is 30.3 Å². The van der Waals surface area contributed by atoms with Crippen molar-refractivity contribution in [2.45, 2.75) is 0 Å². The number of nitrogens with one attached hydrogen (secondary N) is 1. The third kappa shape index (κ3) is 1.61. The summed E-state index contributed by atoms with van der Waals surface area (Å²) in [5.74, 6) is -0.721. The SMILES string of the molecule is O=C1NC(=O)c2ccc(-n3ncc4ccccc43)c3cccc1c23. The number of amides is 2. The fourth-order valence-corrected chi connectivity index (χ4v) is 3.36. The Morgan fingerprint density at radius 2 is 1.62 bits per heavy atom. The van der Waals surface area contributed by atoms with Crippen LogP contribution in [0.15, 0.2) is 60.8 Å². The average Bonchev–Trinajstić information content (AvgIpc) is 3.03. The van der Waals surface area contributed by atoms with Crippen LogP contribution in [-0.4, -0.2) is 21.6 Å². The summed E-state index contributed by atoms with van der Waals surface area (Å²) in [5, 5.41) is 9.42. The molecule has 5 nitrogen and oxygen atoms in total. The molecule has 0 saturated carbocycles. The van der Waals surface area contributed by atoms with E-state index in [9.17, 15) is 9.59 Å².